The van der Waals surface area contributed by atoms with E-state index in [0.717, 1.165) is 5.56 Å². The lowest BCUT2D eigenvalue weighted by Crippen LogP contribution is -2.41. The van der Waals surface area contributed by atoms with Crippen LogP contribution in [0.15, 0.2) is 36.5 Å². The zero-order chi connectivity index (χ0) is 14.5. The Balaban J connectivity index is 2.22. The molecule has 0 radical (unpaired) electrons. The molecule has 0 unspecified atom stereocenters. The number of hydrogen-bond acceptors (Lipinski definition) is 3. The van der Waals surface area contributed by atoms with Crippen LogP contribution in [0.25, 0.3) is 11.3 Å². The molecule has 0 aliphatic rings. The van der Waals surface area contributed by atoms with Crippen molar-refractivity contribution in [2.45, 2.75) is 19.9 Å². The Labute approximate surface area is 118 Å². The third-order valence-corrected chi connectivity index (χ3v) is 3.26. The predicted octanol–water partition coefficient (Wildman–Crippen LogP) is 1.82. The van der Waals surface area contributed by atoms with Gasteiger partial charge in [0.2, 0.25) is 0 Å². The molecule has 5 heteroatoms. The van der Waals surface area contributed by atoms with E-state index in [9.17, 15) is 9.90 Å². The van der Waals surface area contributed by atoms with E-state index in [1.54, 1.807) is 0 Å². The molecule has 0 aliphatic heterocycles. The van der Waals surface area contributed by atoms with Gasteiger partial charge in [-0.15, -0.1) is 0 Å². The molecule has 3 N–H and O–H groups in total. The number of nitrogens with zero attached hydrogens (tertiary/aromatic N) is 1. The van der Waals surface area contributed by atoms with Crippen molar-refractivity contribution in [2.75, 3.05) is 6.61 Å². The lowest BCUT2D eigenvalue weighted by molar-refractivity contribution is 0.0897. The highest BCUT2D eigenvalue weighted by Gasteiger charge is 2.20. The van der Waals surface area contributed by atoms with E-state index in [4.69, 9.17) is 0 Å². The van der Waals surface area contributed by atoms with Gasteiger partial charge in [0.15, 0.2) is 0 Å². The van der Waals surface area contributed by atoms with Crippen LogP contribution >= 0.6 is 0 Å². The molecule has 2 aromatic rings. The zero-order valence-corrected chi connectivity index (χ0v) is 11.6. The molecule has 106 valence electrons. The number of nitrogens with one attached hydrogen (secondary N) is 2. The van der Waals surface area contributed by atoms with Crippen LogP contribution in [0.3, 0.4) is 0 Å². The van der Waals surface area contributed by atoms with Gasteiger partial charge < -0.3 is 10.4 Å². The topological polar surface area (TPSA) is 78.0 Å². The minimum atomic E-state index is -0.263. The summed E-state index contributed by atoms with van der Waals surface area (Å²) in [5.41, 5.74) is 2.07. The molecular weight excluding hydrogens is 254 g/mol. The maximum Gasteiger partial charge on any atom is 0.255 e. The summed E-state index contributed by atoms with van der Waals surface area (Å²) in [6.45, 7) is 3.82. The van der Waals surface area contributed by atoms with Crippen LogP contribution in [0.4, 0.5) is 0 Å². The molecule has 0 fully saturated rings. The van der Waals surface area contributed by atoms with E-state index in [0.29, 0.717) is 11.3 Å². The fourth-order valence-corrected chi connectivity index (χ4v) is 1.95. The quantitative estimate of drug-likeness (QED) is 0.777. The third-order valence-electron chi connectivity index (χ3n) is 3.26. The van der Waals surface area contributed by atoms with Crippen molar-refractivity contribution >= 4 is 5.91 Å². The Morgan fingerprint density at radius 2 is 2.05 bits per heavy atom. The summed E-state index contributed by atoms with van der Waals surface area (Å²) in [7, 11) is 0. The molecule has 2 rings (SSSR count). The second-order valence-corrected chi connectivity index (χ2v) is 5.03. The number of carbonyl (C=O) groups excluding carboxylic acids is 1. The summed E-state index contributed by atoms with van der Waals surface area (Å²) in [4.78, 5) is 12.3. The third kappa shape index (κ3) is 3.05. The average molecular weight is 273 g/mol. The summed E-state index contributed by atoms with van der Waals surface area (Å²) in [5, 5.41) is 18.9. The smallest absolute Gasteiger partial charge is 0.255 e. The van der Waals surface area contributed by atoms with Crippen molar-refractivity contribution in [3.63, 3.8) is 0 Å². The Bertz CT molecular complexity index is 564. The van der Waals surface area contributed by atoms with Gasteiger partial charge in [-0.05, 0) is 5.92 Å². The number of benzene rings is 1. The predicted molar refractivity (Wildman–Crippen MR) is 77.2 cm³/mol. The van der Waals surface area contributed by atoms with Crippen molar-refractivity contribution in [1.82, 2.24) is 15.5 Å². The van der Waals surface area contributed by atoms with Gasteiger partial charge in [-0.25, -0.2) is 0 Å². The largest absolute Gasteiger partial charge is 0.394 e. The van der Waals surface area contributed by atoms with E-state index in [-0.39, 0.29) is 24.5 Å². The SMILES string of the molecule is CC(C)[C@@H](CO)NC(=O)c1cn[nH]c1-c1ccccc1. The summed E-state index contributed by atoms with van der Waals surface area (Å²) in [6, 6.07) is 9.29. The van der Waals surface area contributed by atoms with Crippen LogP contribution in [0.2, 0.25) is 0 Å². The molecule has 20 heavy (non-hydrogen) atoms. The van der Waals surface area contributed by atoms with Gasteiger partial charge >= 0.3 is 0 Å². The van der Waals surface area contributed by atoms with Crippen LogP contribution in [0.1, 0.15) is 24.2 Å². The monoisotopic (exact) mass is 273 g/mol. The number of H-pyrrole nitrogens is 1. The first-order valence-electron chi connectivity index (χ1n) is 6.64. The van der Waals surface area contributed by atoms with E-state index in [1.165, 1.54) is 6.20 Å². The summed E-state index contributed by atoms with van der Waals surface area (Å²) < 4.78 is 0. The van der Waals surface area contributed by atoms with Gasteiger partial charge in [0.25, 0.3) is 5.91 Å². The summed E-state index contributed by atoms with van der Waals surface area (Å²) >= 11 is 0. The lowest BCUT2D eigenvalue weighted by Gasteiger charge is -2.19. The van der Waals surface area contributed by atoms with Crippen molar-refractivity contribution < 1.29 is 9.90 Å². The Morgan fingerprint density at radius 3 is 2.65 bits per heavy atom. The van der Waals surface area contributed by atoms with E-state index in [1.807, 2.05) is 44.2 Å². The number of aromatic nitrogens is 2. The van der Waals surface area contributed by atoms with Crippen molar-refractivity contribution in [3.05, 3.63) is 42.1 Å². The lowest BCUT2D eigenvalue weighted by atomic mass is 10.0. The van der Waals surface area contributed by atoms with Crippen molar-refractivity contribution in [1.29, 1.82) is 0 Å². The number of amides is 1. The van der Waals surface area contributed by atoms with Crippen LogP contribution in [-0.4, -0.2) is 33.9 Å². The van der Waals surface area contributed by atoms with Gasteiger partial charge in [0, 0.05) is 5.56 Å². The van der Waals surface area contributed by atoms with Gasteiger partial charge in [-0.2, -0.15) is 5.10 Å². The minimum absolute atomic E-state index is 0.0814. The van der Waals surface area contributed by atoms with Crippen LogP contribution in [0, 0.1) is 5.92 Å². The molecule has 1 amide bonds. The molecule has 0 aliphatic carbocycles. The normalized spacial score (nSPS) is 12.4. The second-order valence-electron chi connectivity index (χ2n) is 5.03. The average Bonchev–Trinajstić information content (AvgIpc) is 2.94. The number of carbonyl (C=O) groups is 1. The van der Waals surface area contributed by atoms with Gasteiger partial charge in [-0.3, -0.25) is 9.89 Å². The molecule has 0 spiro atoms. The Hall–Kier alpha value is -2.14. The van der Waals surface area contributed by atoms with Gasteiger partial charge in [-0.1, -0.05) is 44.2 Å². The number of aliphatic hydroxyl groups is 1. The fourth-order valence-electron chi connectivity index (χ4n) is 1.95. The maximum atomic E-state index is 12.3. The van der Waals surface area contributed by atoms with Crippen LogP contribution < -0.4 is 5.32 Å². The van der Waals surface area contributed by atoms with Crippen molar-refractivity contribution in [3.8, 4) is 11.3 Å². The molecule has 1 heterocycles. The first kappa shape index (κ1) is 14.3. The van der Waals surface area contributed by atoms with Crippen LogP contribution in [0.5, 0.6) is 0 Å². The highest BCUT2D eigenvalue weighted by Crippen LogP contribution is 2.20. The maximum absolute atomic E-state index is 12.3. The second kappa shape index (κ2) is 6.34. The van der Waals surface area contributed by atoms with Gasteiger partial charge in [0.1, 0.15) is 0 Å². The molecular formula is C15H19N3O2. The Morgan fingerprint density at radius 1 is 1.35 bits per heavy atom. The standard InChI is InChI=1S/C15H19N3O2/c1-10(2)13(9-19)17-15(20)12-8-16-18-14(12)11-6-4-3-5-7-11/h3-8,10,13,19H,9H2,1-2H3,(H,16,18)(H,17,20)/t13-/m1/s1. The fraction of sp³-hybridized carbons (Fsp3) is 0.333. The van der Waals surface area contributed by atoms with E-state index < -0.39 is 0 Å². The molecule has 1 aromatic carbocycles. The number of aromatic amines is 1. The first-order chi connectivity index (χ1) is 9.63. The molecule has 0 bridgehead atoms. The molecule has 1 aromatic heterocycles. The summed E-state index contributed by atoms with van der Waals surface area (Å²) in [6.07, 6.45) is 1.51. The highest BCUT2D eigenvalue weighted by atomic mass is 16.3. The van der Waals surface area contributed by atoms with Crippen molar-refractivity contribution in [2.24, 2.45) is 5.92 Å². The highest BCUT2D eigenvalue weighted by molar-refractivity contribution is 5.99. The number of rotatable bonds is 5. The molecule has 0 saturated heterocycles. The van der Waals surface area contributed by atoms with Crippen LogP contribution in [-0.2, 0) is 0 Å². The number of aliphatic hydroxyl groups excluding tert-OH is 1. The Kier molecular flexibility index (Phi) is 4.53. The first-order valence-corrected chi connectivity index (χ1v) is 6.64. The molecule has 0 saturated carbocycles. The van der Waals surface area contributed by atoms with Gasteiger partial charge in [0.05, 0.1) is 30.1 Å². The van der Waals surface area contributed by atoms with E-state index >= 15 is 0 Å². The summed E-state index contributed by atoms with van der Waals surface area (Å²) in [5.74, 6) is -0.0682. The molecule has 5 nitrogen and oxygen atoms in total. The number of hydrogen-bond donors (Lipinski definition) is 3. The van der Waals surface area contributed by atoms with E-state index in [2.05, 4.69) is 15.5 Å². The minimum Gasteiger partial charge on any atom is -0.394 e. The zero-order valence-electron chi connectivity index (χ0n) is 11.6. The molecule has 1 atom stereocenters.